The monoisotopic (exact) mass is 282 g/mol. The highest BCUT2D eigenvalue weighted by Gasteiger charge is 2.29. The van der Waals surface area contributed by atoms with Gasteiger partial charge in [-0.1, -0.05) is 31.2 Å². The molecule has 4 rings (SSSR count). The summed E-state index contributed by atoms with van der Waals surface area (Å²) in [5.41, 5.74) is 11.4. The van der Waals surface area contributed by atoms with Crippen molar-refractivity contribution < 1.29 is 0 Å². The van der Waals surface area contributed by atoms with Gasteiger partial charge < -0.3 is 10.6 Å². The fourth-order valence-electron chi connectivity index (χ4n) is 3.81. The zero-order chi connectivity index (χ0) is 14.4. The molecule has 1 aromatic carbocycles. The molecular weight excluding hydrogens is 260 g/mol. The summed E-state index contributed by atoms with van der Waals surface area (Å²) in [6.45, 7) is 4.30. The van der Waals surface area contributed by atoms with Gasteiger partial charge in [-0.15, -0.1) is 0 Å². The maximum Gasteiger partial charge on any atom is 0.154 e. The third-order valence-electron chi connectivity index (χ3n) is 4.87. The second-order valence-corrected chi connectivity index (χ2v) is 6.44. The number of piperidine rings is 1. The summed E-state index contributed by atoms with van der Waals surface area (Å²) in [5, 5.41) is 7.92. The molecule has 2 aromatic rings. The molecule has 1 fully saturated rings. The van der Waals surface area contributed by atoms with Crippen molar-refractivity contribution in [3.63, 3.8) is 0 Å². The van der Waals surface area contributed by atoms with Gasteiger partial charge in [-0.3, -0.25) is 5.10 Å². The number of aromatic amines is 1. The van der Waals surface area contributed by atoms with Crippen molar-refractivity contribution in [1.82, 2.24) is 10.2 Å². The Bertz CT molecular complexity index is 661. The van der Waals surface area contributed by atoms with Crippen LogP contribution in [0.1, 0.15) is 36.8 Å². The molecule has 1 aromatic heterocycles. The molecule has 2 unspecified atom stereocenters. The number of benzene rings is 1. The minimum Gasteiger partial charge on any atom is -0.353 e. The third kappa shape index (κ3) is 2.05. The number of anilines is 1. The normalized spacial score (nSPS) is 24.6. The van der Waals surface area contributed by atoms with E-state index >= 15 is 0 Å². The Morgan fingerprint density at radius 1 is 1.33 bits per heavy atom. The molecule has 0 bridgehead atoms. The van der Waals surface area contributed by atoms with Gasteiger partial charge in [0.15, 0.2) is 5.82 Å². The van der Waals surface area contributed by atoms with E-state index in [-0.39, 0.29) is 6.04 Å². The molecule has 1 aliphatic carbocycles. The van der Waals surface area contributed by atoms with Crippen LogP contribution in [0.25, 0.3) is 11.3 Å². The highest BCUT2D eigenvalue weighted by Crippen LogP contribution is 2.42. The fraction of sp³-hybridized carbons (Fsp3) is 0.471. The molecule has 2 heterocycles. The van der Waals surface area contributed by atoms with Crippen molar-refractivity contribution in [2.24, 2.45) is 5.73 Å². The molecular formula is C17H22N4. The van der Waals surface area contributed by atoms with E-state index in [4.69, 9.17) is 5.73 Å². The molecule has 1 aliphatic heterocycles. The Morgan fingerprint density at radius 3 is 3.05 bits per heavy atom. The first-order valence-corrected chi connectivity index (χ1v) is 7.91. The second-order valence-electron chi connectivity index (χ2n) is 6.44. The number of fused-ring (bicyclic) bond motifs is 3. The van der Waals surface area contributed by atoms with Crippen LogP contribution in [-0.2, 0) is 6.42 Å². The number of nitrogens with zero attached hydrogens (tertiary/aromatic N) is 2. The molecule has 0 amide bonds. The SMILES string of the molecule is CC1Cc2c(N3CCCC(N)C3)n[nH]c2-c2ccccc21. The van der Waals surface area contributed by atoms with Gasteiger partial charge in [-0.05, 0) is 30.7 Å². The Morgan fingerprint density at radius 2 is 2.19 bits per heavy atom. The van der Waals surface area contributed by atoms with Gasteiger partial charge >= 0.3 is 0 Å². The van der Waals surface area contributed by atoms with E-state index in [2.05, 4.69) is 46.3 Å². The van der Waals surface area contributed by atoms with E-state index in [1.54, 1.807) is 0 Å². The average molecular weight is 282 g/mol. The number of nitrogens with one attached hydrogen (secondary N) is 1. The lowest BCUT2D eigenvalue weighted by Crippen LogP contribution is -2.43. The molecule has 1 saturated heterocycles. The van der Waals surface area contributed by atoms with Gasteiger partial charge in [-0.25, -0.2) is 0 Å². The average Bonchev–Trinajstić information content (AvgIpc) is 2.91. The van der Waals surface area contributed by atoms with Crippen LogP contribution < -0.4 is 10.6 Å². The van der Waals surface area contributed by atoms with E-state index in [0.29, 0.717) is 5.92 Å². The number of rotatable bonds is 1. The Labute approximate surface area is 125 Å². The summed E-state index contributed by atoms with van der Waals surface area (Å²) < 4.78 is 0. The van der Waals surface area contributed by atoms with E-state index in [9.17, 15) is 0 Å². The Kier molecular flexibility index (Phi) is 3.00. The maximum absolute atomic E-state index is 6.13. The zero-order valence-corrected chi connectivity index (χ0v) is 12.5. The molecule has 21 heavy (non-hydrogen) atoms. The first-order valence-electron chi connectivity index (χ1n) is 7.91. The predicted molar refractivity (Wildman–Crippen MR) is 85.6 cm³/mol. The van der Waals surface area contributed by atoms with Crippen molar-refractivity contribution in [3.05, 3.63) is 35.4 Å². The highest BCUT2D eigenvalue weighted by molar-refractivity contribution is 5.75. The first-order chi connectivity index (χ1) is 10.2. The number of hydrogen-bond acceptors (Lipinski definition) is 3. The van der Waals surface area contributed by atoms with Gasteiger partial charge in [-0.2, -0.15) is 5.10 Å². The van der Waals surface area contributed by atoms with Crippen LogP contribution in [0.5, 0.6) is 0 Å². The van der Waals surface area contributed by atoms with Crippen molar-refractivity contribution in [1.29, 1.82) is 0 Å². The Balaban J connectivity index is 1.77. The molecule has 2 atom stereocenters. The minimum atomic E-state index is 0.277. The number of H-pyrrole nitrogens is 1. The molecule has 0 radical (unpaired) electrons. The molecule has 4 heteroatoms. The van der Waals surface area contributed by atoms with Crippen LogP contribution in [0.3, 0.4) is 0 Å². The first kappa shape index (κ1) is 12.9. The largest absolute Gasteiger partial charge is 0.353 e. The smallest absolute Gasteiger partial charge is 0.154 e. The van der Waals surface area contributed by atoms with Gasteiger partial charge in [0.05, 0.1) is 5.69 Å². The quantitative estimate of drug-likeness (QED) is 0.845. The lowest BCUT2D eigenvalue weighted by atomic mass is 9.82. The molecule has 0 saturated carbocycles. The summed E-state index contributed by atoms with van der Waals surface area (Å²) in [6.07, 6.45) is 3.35. The standard InChI is InChI=1S/C17H22N4/c1-11-9-15-16(14-7-3-2-6-13(11)14)19-20-17(15)21-8-4-5-12(18)10-21/h2-3,6-7,11-12H,4-5,8-10,18H2,1H3,(H,19,20). The van der Waals surface area contributed by atoms with Gasteiger partial charge in [0, 0.05) is 30.3 Å². The summed E-state index contributed by atoms with van der Waals surface area (Å²) in [5.74, 6) is 1.67. The van der Waals surface area contributed by atoms with Gasteiger partial charge in [0.25, 0.3) is 0 Å². The van der Waals surface area contributed by atoms with Gasteiger partial charge in [0.2, 0.25) is 0 Å². The van der Waals surface area contributed by atoms with Gasteiger partial charge in [0.1, 0.15) is 0 Å². The minimum absolute atomic E-state index is 0.277. The molecule has 4 nitrogen and oxygen atoms in total. The van der Waals surface area contributed by atoms with E-state index in [0.717, 1.165) is 38.2 Å². The van der Waals surface area contributed by atoms with Crippen LogP contribution in [-0.4, -0.2) is 29.3 Å². The van der Waals surface area contributed by atoms with Crippen LogP contribution in [0.4, 0.5) is 5.82 Å². The van der Waals surface area contributed by atoms with Crippen molar-refractivity contribution in [3.8, 4) is 11.3 Å². The molecule has 110 valence electrons. The summed E-state index contributed by atoms with van der Waals surface area (Å²) in [7, 11) is 0. The lowest BCUT2D eigenvalue weighted by molar-refractivity contribution is 0.501. The predicted octanol–water partition coefficient (Wildman–Crippen LogP) is 2.66. The van der Waals surface area contributed by atoms with Crippen LogP contribution in [0.15, 0.2) is 24.3 Å². The number of nitrogens with two attached hydrogens (primary N) is 1. The van der Waals surface area contributed by atoms with Crippen LogP contribution in [0, 0.1) is 0 Å². The van der Waals surface area contributed by atoms with Crippen LogP contribution in [0.2, 0.25) is 0 Å². The summed E-state index contributed by atoms with van der Waals surface area (Å²) >= 11 is 0. The highest BCUT2D eigenvalue weighted by atomic mass is 15.3. The Hall–Kier alpha value is -1.81. The molecule has 0 spiro atoms. The lowest BCUT2D eigenvalue weighted by Gasteiger charge is -2.32. The van der Waals surface area contributed by atoms with E-state index in [1.807, 2.05) is 0 Å². The maximum atomic E-state index is 6.13. The van der Waals surface area contributed by atoms with Crippen molar-refractivity contribution in [2.45, 2.75) is 38.1 Å². The van der Waals surface area contributed by atoms with Crippen molar-refractivity contribution >= 4 is 5.82 Å². The fourth-order valence-corrected chi connectivity index (χ4v) is 3.81. The summed E-state index contributed by atoms with van der Waals surface area (Å²) in [6, 6.07) is 8.95. The number of aromatic nitrogens is 2. The molecule has 3 N–H and O–H groups in total. The van der Waals surface area contributed by atoms with E-state index < -0.39 is 0 Å². The zero-order valence-electron chi connectivity index (χ0n) is 12.5. The number of hydrogen-bond donors (Lipinski definition) is 2. The van der Waals surface area contributed by atoms with E-state index in [1.165, 1.54) is 22.4 Å². The molecule has 2 aliphatic rings. The second kappa shape index (κ2) is 4.88. The van der Waals surface area contributed by atoms with Crippen LogP contribution >= 0.6 is 0 Å². The van der Waals surface area contributed by atoms with Crippen molar-refractivity contribution in [2.75, 3.05) is 18.0 Å². The third-order valence-corrected chi connectivity index (χ3v) is 4.87. The summed E-state index contributed by atoms with van der Waals surface area (Å²) in [4.78, 5) is 2.37. The topological polar surface area (TPSA) is 57.9 Å².